The minimum Gasteiger partial charge on any atom is -0.299 e. The molecule has 2 rings (SSSR count). The molecule has 0 amide bonds. The molecule has 0 aromatic carbocycles. The molecule has 0 radical (unpaired) electrons. The smallest absolute Gasteiger partial charge is 0.139 e. The second kappa shape index (κ2) is 2.93. The van der Waals surface area contributed by atoms with Crippen LogP contribution in [0.25, 0.3) is 0 Å². The van der Waals surface area contributed by atoms with Gasteiger partial charge in [0.25, 0.3) is 0 Å². The van der Waals surface area contributed by atoms with Gasteiger partial charge in [0.1, 0.15) is 11.6 Å². The standard InChI is InChI=1S/C11H16O2/c1-11-7-3-2-4-9(12)8(11)5-6-10(11)13/h8H,2-7H2,1H3/t8-,11-/m1/s1. The molecule has 2 fully saturated rings. The molecule has 2 aliphatic rings. The maximum Gasteiger partial charge on any atom is 0.139 e. The van der Waals surface area contributed by atoms with Crippen LogP contribution in [0.1, 0.15) is 45.4 Å². The molecule has 13 heavy (non-hydrogen) atoms. The Morgan fingerprint density at radius 3 is 2.77 bits per heavy atom. The van der Waals surface area contributed by atoms with Gasteiger partial charge < -0.3 is 0 Å². The molecule has 0 saturated heterocycles. The summed E-state index contributed by atoms with van der Waals surface area (Å²) in [6.07, 6.45) is 5.11. The summed E-state index contributed by atoms with van der Waals surface area (Å²) in [5.74, 6) is 0.723. The van der Waals surface area contributed by atoms with Crippen LogP contribution in [0.2, 0.25) is 0 Å². The first-order chi connectivity index (χ1) is 6.14. The number of ketones is 2. The molecular formula is C11H16O2. The molecular weight excluding hydrogens is 164 g/mol. The number of Topliss-reactive ketones (excluding diaryl/α,β-unsaturated/α-hetero) is 2. The van der Waals surface area contributed by atoms with Crippen LogP contribution in [0.15, 0.2) is 0 Å². The molecule has 0 unspecified atom stereocenters. The van der Waals surface area contributed by atoms with Crippen molar-refractivity contribution in [1.29, 1.82) is 0 Å². The molecule has 2 heteroatoms. The Balaban J connectivity index is 2.31. The molecule has 0 aliphatic heterocycles. The highest BCUT2D eigenvalue weighted by molar-refractivity contribution is 5.95. The van der Waals surface area contributed by atoms with Gasteiger partial charge in [0.15, 0.2) is 0 Å². The normalized spacial score (nSPS) is 40.2. The lowest BCUT2D eigenvalue weighted by Crippen LogP contribution is -2.32. The number of hydrogen-bond donors (Lipinski definition) is 0. The molecule has 0 aromatic heterocycles. The molecule has 2 aliphatic carbocycles. The maximum absolute atomic E-state index is 11.7. The monoisotopic (exact) mass is 180 g/mol. The Kier molecular flexibility index (Phi) is 2.01. The molecule has 0 heterocycles. The summed E-state index contributed by atoms with van der Waals surface area (Å²) in [5, 5.41) is 0. The fourth-order valence-electron chi connectivity index (χ4n) is 2.87. The van der Waals surface area contributed by atoms with Crippen LogP contribution in [-0.4, -0.2) is 11.6 Å². The van der Waals surface area contributed by atoms with E-state index in [0.29, 0.717) is 24.4 Å². The first-order valence-corrected chi connectivity index (χ1v) is 5.20. The zero-order valence-corrected chi connectivity index (χ0v) is 8.14. The van der Waals surface area contributed by atoms with Crippen molar-refractivity contribution in [2.24, 2.45) is 11.3 Å². The summed E-state index contributed by atoms with van der Waals surface area (Å²) in [6.45, 7) is 2.00. The zero-order valence-electron chi connectivity index (χ0n) is 8.14. The molecule has 0 spiro atoms. The van der Waals surface area contributed by atoms with Gasteiger partial charge >= 0.3 is 0 Å². The second-order valence-corrected chi connectivity index (χ2v) is 4.61. The third-order valence-corrected chi connectivity index (χ3v) is 3.82. The summed E-state index contributed by atoms with van der Waals surface area (Å²) >= 11 is 0. The summed E-state index contributed by atoms with van der Waals surface area (Å²) in [7, 11) is 0. The van der Waals surface area contributed by atoms with E-state index in [2.05, 4.69) is 0 Å². The minimum absolute atomic E-state index is 0.0579. The van der Waals surface area contributed by atoms with E-state index in [1.165, 1.54) is 0 Å². The predicted octanol–water partition coefficient (Wildman–Crippen LogP) is 2.11. The highest BCUT2D eigenvalue weighted by atomic mass is 16.1. The van der Waals surface area contributed by atoms with Crippen LogP contribution >= 0.6 is 0 Å². The lowest BCUT2D eigenvalue weighted by atomic mass is 9.75. The highest BCUT2D eigenvalue weighted by Crippen LogP contribution is 2.46. The Morgan fingerprint density at radius 1 is 1.23 bits per heavy atom. The van der Waals surface area contributed by atoms with Crippen LogP contribution in [0.5, 0.6) is 0 Å². The van der Waals surface area contributed by atoms with Crippen LogP contribution in [-0.2, 0) is 9.59 Å². The lowest BCUT2D eigenvalue weighted by molar-refractivity contribution is -0.132. The van der Waals surface area contributed by atoms with Crippen LogP contribution in [0.3, 0.4) is 0 Å². The van der Waals surface area contributed by atoms with Crippen molar-refractivity contribution in [2.45, 2.75) is 45.4 Å². The van der Waals surface area contributed by atoms with Crippen molar-refractivity contribution in [3.05, 3.63) is 0 Å². The number of fused-ring (bicyclic) bond motifs is 1. The summed E-state index contributed by atoms with van der Waals surface area (Å²) in [6, 6.07) is 0. The third kappa shape index (κ3) is 1.23. The molecule has 72 valence electrons. The summed E-state index contributed by atoms with van der Waals surface area (Å²) in [4.78, 5) is 23.4. The quantitative estimate of drug-likeness (QED) is 0.572. The van der Waals surface area contributed by atoms with E-state index in [9.17, 15) is 9.59 Å². The van der Waals surface area contributed by atoms with Gasteiger partial charge in [-0.1, -0.05) is 13.3 Å². The second-order valence-electron chi connectivity index (χ2n) is 4.61. The van der Waals surface area contributed by atoms with Crippen molar-refractivity contribution in [2.75, 3.05) is 0 Å². The molecule has 0 N–H and O–H groups in total. The molecule has 2 saturated carbocycles. The molecule has 2 nitrogen and oxygen atoms in total. The summed E-state index contributed by atoms with van der Waals surface area (Å²) < 4.78 is 0. The number of carbonyl (C=O) groups is 2. The van der Waals surface area contributed by atoms with Gasteiger partial charge in [0, 0.05) is 24.2 Å². The van der Waals surface area contributed by atoms with Crippen LogP contribution in [0, 0.1) is 11.3 Å². The average Bonchev–Trinajstić information content (AvgIpc) is 2.29. The maximum atomic E-state index is 11.7. The van der Waals surface area contributed by atoms with Gasteiger partial charge in [-0.2, -0.15) is 0 Å². The SMILES string of the molecule is C[C@@]12CCCCC(=O)[C@H]1CCC2=O. The Labute approximate surface area is 78.7 Å². The van der Waals surface area contributed by atoms with E-state index in [0.717, 1.165) is 25.7 Å². The molecule has 2 atom stereocenters. The largest absolute Gasteiger partial charge is 0.299 e. The number of hydrogen-bond acceptors (Lipinski definition) is 2. The number of rotatable bonds is 0. The number of carbonyl (C=O) groups excluding carboxylic acids is 2. The predicted molar refractivity (Wildman–Crippen MR) is 49.3 cm³/mol. The van der Waals surface area contributed by atoms with Gasteiger partial charge in [-0.15, -0.1) is 0 Å². The Bertz CT molecular complexity index is 257. The van der Waals surface area contributed by atoms with Gasteiger partial charge in [0.2, 0.25) is 0 Å². The van der Waals surface area contributed by atoms with Gasteiger partial charge in [-0.3, -0.25) is 9.59 Å². The molecule has 0 bridgehead atoms. The van der Waals surface area contributed by atoms with E-state index >= 15 is 0 Å². The van der Waals surface area contributed by atoms with Crippen molar-refractivity contribution >= 4 is 11.6 Å². The van der Waals surface area contributed by atoms with Crippen molar-refractivity contribution in [3.63, 3.8) is 0 Å². The van der Waals surface area contributed by atoms with Gasteiger partial charge in [-0.05, 0) is 19.3 Å². The Hall–Kier alpha value is -0.660. The lowest BCUT2D eigenvalue weighted by Gasteiger charge is -2.26. The topological polar surface area (TPSA) is 34.1 Å². The van der Waals surface area contributed by atoms with E-state index < -0.39 is 0 Å². The minimum atomic E-state index is -0.284. The van der Waals surface area contributed by atoms with Crippen LogP contribution in [0.4, 0.5) is 0 Å². The van der Waals surface area contributed by atoms with E-state index in [-0.39, 0.29) is 11.3 Å². The van der Waals surface area contributed by atoms with Gasteiger partial charge in [0.05, 0.1) is 0 Å². The van der Waals surface area contributed by atoms with Crippen molar-refractivity contribution < 1.29 is 9.59 Å². The van der Waals surface area contributed by atoms with Gasteiger partial charge in [-0.25, -0.2) is 0 Å². The van der Waals surface area contributed by atoms with Crippen molar-refractivity contribution in [1.82, 2.24) is 0 Å². The van der Waals surface area contributed by atoms with Crippen LogP contribution < -0.4 is 0 Å². The van der Waals surface area contributed by atoms with E-state index in [1.807, 2.05) is 6.92 Å². The summed E-state index contributed by atoms with van der Waals surface area (Å²) in [5.41, 5.74) is -0.284. The van der Waals surface area contributed by atoms with E-state index in [4.69, 9.17) is 0 Å². The van der Waals surface area contributed by atoms with E-state index in [1.54, 1.807) is 0 Å². The fraction of sp³-hybridized carbons (Fsp3) is 0.818. The van der Waals surface area contributed by atoms with Crippen molar-refractivity contribution in [3.8, 4) is 0 Å². The Morgan fingerprint density at radius 2 is 2.00 bits per heavy atom. The fourth-order valence-corrected chi connectivity index (χ4v) is 2.87. The first kappa shape index (κ1) is 8.92. The average molecular weight is 180 g/mol. The molecule has 0 aromatic rings. The third-order valence-electron chi connectivity index (χ3n) is 3.82. The highest BCUT2D eigenvalue weighted by Gasteiger charge is 2.49. The zero-order chi connectivity index (χ0) is 9.47. The first-order valence-electron chi connectivity index (χ1n) is 5.20.